The molecule has 36 heavy (non-hydrogen) atoms. The van der Waals surface area contributed by atoms with Crippen molar-refractivity contribution in [2.75, 3.05) is 32.7 Å². The minimum absolute atomic E-state index is 0.190. The number of aliphatic hydroxyl groups excluding tert-OH is 1. The van der Waals surface area contributed by atoms with Crippen LogP contribution in [0, 0.1) is 5.92 Å². The number of aliphatic hydroxyl groups is 1. The van der Waals surface area contributed by atoms with Gasteiger partial charge < -0.3 is 24.6 Å². The van der Waals surface area contributed by atoms with Crippen molar-refractivity contribution in [2.24, 2.45) is 5.92 Å². The number of piperidine rings is 1. The molecule has 1 atom stereocenters. The minimum Gasteiger partial charge on any atom is -0.469 e. The van der Waals surface area contributed by atoms with Gasteiger partial charge >= 0.3 is 0 Å². The lowest BCUT2D eigenvalue weighted by Gasteiger charge is -2.34. The van der Waals surface area contributed by atoms with Crippen molar-refractivity contribution in [2.45, 2.75) is 64.5 Å². The maximum Gasteiger partial charge on any atom is 0.258 e. The molecule has 196 valence electrons. The number of hydrogen-bond donors (Lipinski definition) is 2. The van der Waals surface area contributed by atoms with Gasteiger partial charge in [0.1, 0.15) is 11.8 Å². The van der Waals surface area contributed by atoms with Gasteiger partial charge in [0.05, 0.1) is 17.9 Å². The molecule has 7 nitrogen and oxygen atoms in total. The smallest absolute Gasteiger partial charge is 0.258 e. The van der Waals surface area contributed by atoms with Crippen LogP contribution in [0.25, 0.3) is 0 Å². The third-order valence-corrected chi connectivity index (χ3v) is 8.20. The molecule has 0 bridgehead atoms. The molecule has 0 spiro atoms. The van der Waals surface area contributed by atoms with Gasteiger partial charge in [0, 0.05) is 48.9 Å². The first-order chi connectivity index (χ1) is 17.4. The quantitative estimate of drug-likeness (QED) is 0.416. The first-order valence-corrected chi connectivity index (χ1v) is 14.0. The number of likely N-dealkylation sites (tertiary alicyclic amines) is 1. The highest BCUT2D eigenvalue weighted by Crippen LogP contribution is 2.37. The van der Waals surface area contributed by atoms with Crippen molar-refractivity contribution in [3.05, 3.63) is 57.7 Å². The average Bonchev–Trinajstić information content (AvgIpc) is 3.35. The van der Waals surface area contributed by atoms with Gasteiger partial charge in [-0.1, -0.05) is 19.1 Å². The van der Waals surface area contributed by atoms with Crippen LogP contribution in [-0.2, 0) is 17.6 Å². The summed E-state index contributed by atoms with van der Waals surface area (Å²) in [7, 11) is 0. The molecule has 1 saturated heterocycles. The summed E-state index contributed by atoms with van der Waals surface area (Å²) in [5.41, 5.74) is 1.37. The van der Waals surface area contributed by atoms with Gasteiger partial charge in [0.2, 0.25) is 5.91 Å². The number of carbonyl (C=O) groups excluding carboxylic acids is 2. The molecule has 2 aliphatic rings. The van der Waals surface area contributed by atoms with E-state index in [-0.39, 0.29) is 17.9 Å². The lowest BCUT2D eigenvalue weighted by molar-refractivity contribution is -0.125. The number of nitrogens with zero attached hydrogens (tertiary/aromatic N) is 2. The van der Waals surface area contributed by atoms with Crippen molar-refractivity contribution in [1.29, 1.82) is 0 Å². The molecule has 3 heterocycles. The topological polar surface area (TPSA) is 86.0 Å². The Bertz CT molecular complexity index is 1050. The maximum absolute atomic E-state index is 14.0. The molecular weight excluding hydrogens is 474 g/mol. The summed E-state index contributed by atoms with van der Waals surface area (Å²) < 4.78 is 5.58. The average molecular weight is 514 g/mol. The van der Waals surface area contributed by atoms with E-state index in [0.29, 0.717) is 37.4 Å². The summed E-state index contributed by atoms with van der Waals surface area (Å²) in [6.07, 6.45) is 6.93. The summed E-state index contributed by atoms with van der Waals surface area (Å²) in [5.74, 6) is 0.997. The Hall–Kier alpha value is -2.42. The van der Waals surface area contributed by atoms with Crippen LogP contribution in [0.15, 0.2) is 41.0 Å². The van der Waals surface area contributed by atoms with Crippen LogP contribution in [0.4, 0.5) is 0 Å². The third kappa shape index (κ3) is 6.87. The largest absolute Gasteiger partial charge is 0.469 e. The number of amides is 2. The molecule has 0 aromatic carbocycles. The SMILES string of the molecule is C=C(C)CNC(=O)C(c1ccc(CC2CC2)s1)N(CCN1CCC(O)CC1)C(=O)c1ccoc1CC. The first kappa shape index (κ1) is 26.6. The summed E-state index contributed by atoms with van der Waals surface area (Å²) in [6, 6.07) is 5.11. The predicted molar refractivity (Wildman–Crippen MR) is 142 cm³/mol. The Labute approximate surface area is 218 Å². The maximum atomic E-state index is 14.0. The van der Waals surface area contributed by atoms with E-state index in [1.807, 2.05) is 19.9 Å². The standard InChI is InChI=1S/C28H39N3O4S/c1-4-24-23(11-16-35-24)28(34)31(15-14-30-12-9-21(32)10-13-30)26(27(33)29-18-19(2)3)25-8-7-22(36-25)17-20-5-6-20/h7-8,11,16,20-21,26,32H,2,4-6,9-10,12-15,17-18H2,1,3H3,(H,29,33). The molecule has 2 aromatic heterocycles. The summed E-state index contributed by atoms with van der Waals surface area (Å²) in [4.78, 5) is 33.8. The van der Waals surface area contributed by atoms with Crippen LogP contribution in [0.5, 0.6) is 0 Å². The van der Waals surface area contributed by atoms with E-state index in [4.69, 9.17) is 4.42 Å². The molecule has 1 aliphatic carbocycles. The first-order valence-electron chi connectivity index (χ1n) is 13.1. The molecule has 1 aliphatic heterocycles. The molecule has 2 amide bonds. The van der Waals surface area contributed by atoms with Crippen molar-refractivity contribution in [1.82, 2.24) is 15.1 Å². The van der Waals surface area contributed by atoms with Gasteiger partial charge in [-0.25, -0.2) is 0 Å². The highest BCUT2D eigenvalue weighted by atomic mass is 32.1. The lowest BCUT2D eigenvalue weighted by Crippen LogP contribution is -2.48. The van der Waals surface area contributed by atoms with E-state index in [1.165, 1.54) is 17.7 Å². The van der Waals surface area contributed by atoms with Crippen LogP contribution in [-0.4, -0.2) is 65.5 Å². The lowest BCUT2D eigenvalue weighted by atomic mass is 10.1. The second-order valence-electron chi connectivity index (χ2n) is 10.2. The normalized spacial score (nSPS) is 17.6. The van der Waals surface area contributed by atoms with E-state index in [1.54, 1.807) is 28.6 Å². The van der Waals surface area contributed by atoms with E-state index in [9.17, 15) is 14.7 Å². The fraction of sp³-hybridized carbons (Fsp3) is 0.571. The molecule has 0 radical (unpaired) electrons. The number of aryl methyl sites for hydroxylation is 1. The number of thiophene rings is 1. The molecule has 2 fully saturated rings. The molecular formula is C28H39N3O4S. The number of carbonyl (C=O) groups is 2. The zero-order valence-corrected chi connectivity index (χ0v) is 22.3. The van der Waals surface area contributed by atoms with Crippen molar-refractivity contribution in [3.8, 4) is 0 Å². The number of nitrogens with one attached hydrogen (secondary N) is 1. The highest BCUT2D eigenvalue weighted by Gasteiger charge is 2.35. The highest BCUT2D eigenvalue weighted by molar-refractivity contribution is 7.12. The van der Waals surface area contributed by atoms with Crippen LogP contribution in [0.1, 0.15) is 71.4 Å². The molecule has 1 unspecified atom stereocenters. The number of hydrogen-bond acceptors (Lipinski definition) is 6. The van der Waals surface area contributed by atoms with Crippen LogP contribution < -0.4 is 5.32 Å². The van der Waals surface area contributed by atoms with Crippen LogP contribution >= 0.6 is 11.3 Å². The van der Waals surface area contributed by atoms with Gasteiger partial charge in [-0.15, -0.1) is 11.3 Å². The molecule has 1 saturated carbocycles. The number of rotatable bonds is 12. The second-order valence-corrected chi connectivity index (χ2v) is 11.4. The van der Waals surface area contributed by atoms with Gasteiger partial charge in [0.15, 0.2) is 0 Å². The Morgan fingerprint density at radius 2 is 2.00 bits per heavy atom. The van der Waals surface area contributed by atoms with Gasteiger partial charge in [-0.3, -0.25) is 9.59 Å². The fourth-order valence-electron chi connectivity index (χ4n) is 4.72. The Morgan fingerprint density at radius 1 is 1.25 bits per heavy atom. The predicted octanol–water partition coefficient (Wildman–Crippen LogP) is 4.19. The summed E-state index contributed by atoms with van der Waals surface area (Å²) >= 11 is 1.64. The van der Waals surface area contributed by atoms with Crippen molar-refractivity contribution in [3.63, 3.8) is 0 Å². The second kappa shape index (κ2) is 12.2. The van der Waals surface area contributed by atoms with E-state index in [0.717, 1.165) is 48.7 Å². The van der Waals surface area contributed by atoms with Gasteiger partial charge in [-0.2, -0.15) is 0 Å². The number of furan rings is 1. The third-order valence-electron chi connectivity index (χ3n) is 7.04. The van der Waals surface area contributed by atoms with Crippen molar-refractivity contribution >= 4 is 23.2 Å². The van der Waals surface area contributed by atoms with Crippen LogP contribution in [0.2, 0.25) is 0 Å². The van der Waals surface area contributed by atoms with Crippen molar-refractivity contribution < 1.29 is 19.1 Å². The summed E-state index contributed by atoms with van der Waals surface area (Å²) in [5, 5.41) is 12.9. The zero-order valence-electron chi connectivity index (χ0n) is 21.5. The van der Waals surface area contributed by atoms with E-state index in [2.05, 4.69) is 22.9 Å². The molecule has 4 rings (SSSR count). The Morgan fingerprint density at radius 3 is 2.67 bits per heavy atom. The van der Waals surface area contributed by atoms with E-state index >= 15 is 0 Å². The molecule has 2 aromatic rings. The molecule has 8 heteroatoms. The molecule has 2 N–H and O–H groups in total. The Balaban J connectivity index is 1.63. The Kier molecular flexibility index (Phi) is 9.04. The van der Waals surface area contributed by atoms with Gasteiger partial charge in [-0.05, 0) is 63.1 Å². The fourth-order valence-corrected chi connectivity index (χ4v) is 5.96. The van der Waals surface area contributed by atoms with E-state index < -0.39 is 6.04 Å². The van der Waals surface area contributed by atoms with Crippen LogP contribution in [0.3, 0.4) is 0 Å². The van der Waals surface area contributed by atoms with Gasteiger partial charge in [0.25, 0.3) is 5.91 Å². The minimum atomic E-state index is -0.732. The summed E-state index contributed by atoms with van der Waals surface area (Å²) in [6.45, 7) is 10.7. The zero-order chi connectivity index (χ0) is 25.7. The monoisotopic (exact) mass is 513 g/mol.